The van der Waals surface area contributed by atoms with Crippen molar-refractivity contribution in [3.05, 3.63) is 47.0 Å². The fourth-order valence-corrected chi connectivity index (χ4v) is 1.94. The van der Waals surface area contributed by atoms with E-state index in [0.717, 1.165) is 28.6 Å². The summed E-state index contributed by atoms with van der Waals surface area (Å²) in [6.07, 6.45) is 2.62. The molecule has 2 rings (SSSR count). The van der Waals surface area contributed by atoms with Crippen LogP contribution in [0, 0.1) is 6.92 Å². The molecule has 3 nitrogen and oxygen atoms in total. The summed E-state index contributed by atoms with van der Waals surface area (Å²) in [7, 11) is 0. The van der Waals surface area contributed by atoms with Crippen LogP contribution in [0.3, 0.4) is 0 Å². The Balaban J connectivity index is 2.50. The van der Waals surface area contributed by atoms with Crippen LogP contribution in [-0.2, 0) is 6.42 Å². The number of nitrogens with two attached hydrogens (primary N) is 1. The van der Waals surface area contributed by atoms with Crippen LogP contribution in [-0.4, -0.2) is 16.1 Å². The first-order chi connectivity index (χ1) is 7.72. The number of halogens is 1. The molecule has 0 unspecified atom stereocenters. The lowest BCUT2D eigenvalue weighted by atomic mass is 10.3. The van der Waals surface area contributed by atoms with E-state index in [-0.39, 0.29) is 0 Å². The van der Waals surface area contributed by atoms with E-state index in [9.17, 15) is 0 Å². The van der Waals surface area contributed by atoms with Crippen molar-refractivity contribution < 1.29 is 0 Å². The molecule has 0 aliphatic rings. The molecule has 84 valence electrons. The molecule has 2 N–H and O–H groups in total. The molecule has 2 aromatic rings. The Labute approximate surface area is 99.9 Å². The SMILES string of the molecule is Cc1cnc(CCN)n1-c1cccc(Cl)c1. The van der Waals surface area contributed by atoms with Gasteiger partial charge in [-0.05, 0) is 31.7 Å². The van der Waals surface area contributed by atoms with Gasteiger partial charge >= 0.3 is 0 Å². The third-order valence-corrected chi connectivity index (χ3v) is 2.68. The van der Waals surface area contributed by atoms with E-state index in [1.807, 2.05) is 37.4 Å². The van der Waals surface area contributed by atoms with Crippen LogP contribution in [0.2, 0.25) is 5.02 Å². The molecule has 0 saturated carbocycles. The van der Waals surface area contributed by atoms with E-state index in [1.54, 1.807) is 0 Å². The standard InChI is InChI=1S/C12H14ClN3/c1-9-8-15-12(5-6-14)16(9)11-4-2-3-10(13)7-11/h2-4,7-8H,5-6,14H2,1H3. The third kappa shape index (κ3) is 2.10. The summed E-state index contributed by atoms with van der Waals surface area (Å²) >= 11 is 5.99. The summed E-state index contributed by atoms with van der Waals surface area (Å²) in [5.74, 6) is 0.974. The summed E-state index contributed by atoms with van der Waals surface area (Å²) < 4.78 is 2.08. The monoisotopic (exact) mass is 235 g/mol. The fourth-order valence-electron chi connectivity index (χ4n) is 1.76. The highest BCUT2D eigenvalue weighted by Gasteiger charge is 2.08. The summed E-state index contributed by atoms with van der Waals surface area (Å²) in [6, 6.07) is 7.74. The maximum atomic E-state index is 5.99. The lowest BCUT2D eigenvalue weighted by Crippen LogP contribution is -2.09. The second-order valence-corrected chi connectivity index (χ2v) is 4.11. The lowest BCUT2D eigenvalue weighted by molar-refractivity contribution is 0.826. The molecule has 4 heteroatoms. The Bertz CT molecular complexity index is 491. The van der Waals surface area contributed by atoms with Gasteiger partial charge in [-0.1, -0.05) is 17.7 Å². The van der Waals surface area contributed by atoms with E-state index < -0.39 is 0 Å². The number of nitrogens with zero attached hydrogens (tertiary/aromatic N) is 2. The number of aromatic nitrogens is 2. The van der Waals surface area contributed by atoms with Gasteiger partial charge in [-0.3, -0.25) is 0 Å². The minimum Gasteiger partial charge on any atom is -0.330 e. The Morgan fingerprint density at radius 3 is 2.94 bits per heavy atom. The summed E-state index contributed by atoms with van der Waals surface area (Å²) in [5.41, 5.74) is 7.69. The smallest absolute Gasteiger partial charge is 0.114 e. The van der Waals surface area contributed by atoms with E-state index in [1.165, 1.54) is 0 Å². The molecule has 16 heavy (non-hydrogen) atoms. The van der Waals surface area contributed by atoms with Crippen LogP contribution in [0.4, 0.5) is 0 Å². The van der Waals surface area contributed by atoms with Crippen molar-refractivity contribution in [1.29, 1.82) is 0 Å². The van der Waals surface area contributed by atoms with Crippen LogP contribution in [0.1, 0.15) is 11.5 Å². The van der Waals surface area contributed by atoms with Gasteiger partial charge in [0.05, 0.1) is 0 Å². The molecule has 1 aromatic carbocycles. The summed E-state index contributed by atoms with van der Waals surface area (Å²) in [6.45, 7) is 2.62. The average molecular weight is 236 g/mol. The molecule has 0 radical (unpaired) electrons. The first-order valence-corrected chi connectivity index (χ1v) is 5.59. The number of aryl methyl sites for hydroxylation is 1. The van der Waals surface area contributed by atoms with E-state index in [4.69, 9.17) is 17.3 Å². The Hall–Kier alpha value is -1.32. The van der Waals surface area contributed by atoms with Crippen molar-refractivity contribution in [1.82, 2.24) is 9.55 Å². The molecular weight excluding hydrogens is 222 g/mol. The highest BCUT2D eigenvalue weighted by molar-refractivity contribution is 6.30. The van der Waals surface area contributed by atoms with Crippen LogP contribution in [0.5, 0.6) is 0 Å². The van der Waals surface area contributed by atoms with Gasteiger partial charge in [0.1, 0.15) is 5.82 Å². The van der Waals surface area contributed by atoms with E-state index in [0.29, 0.717) is 6.54 Å². The molecule has 1 aromatic heterocycles. The maximum Gasteiger partial charge on any atom is 0.114 e. The maximum absolute atomic E-state index is 5.99. The minimum absolute atomic E-state index is 0.594. The number of imidazole rings is 1. The number of benzene rings is 1. The normalized spacial score (nSPS) is 10.7. The van der Waals surface area contributed by atoms with Crippen molar-refractivity contribution in [3.8, 4) is 5.69 Å². The van der Waals surface area contributed by atoms with Crippen LogP contribution < -0.4 is 5.73 Å². The highest BCUT2D eigenvalue weighted by atomic mass is 35.5. The van der Waals surface area contributed by atoms with Crippen LogP contribution >= 0.6 is 11.6 Å². The topological polar surface area (TPSA) is 43.8 Å². The Kier molecular flexibility index (Phi) is 3.27. The molecule has 0 aliphatic heterocycles. The molecule has 0 aliphatic carbocycles. The second-order valence-electron chi connectivity index (χ2n) is 3.67. The van der Waals surface area contributed by atoms with Gasteiger partial charge in [0.2, 0.25) is 0 Å². The number of hydrogen-bond donors (Lipinski definition) is 1. The van der Waals surface area contributed by atoms with Gasteiger partial charge in [-0.15, -0.1) is 0 Å². The van der Waals surface area contributed by atoms with Gasteiger partial charge < -0.3 is 10.3 Å². The minimum atomic E-state index is 0.594. The molecule has 0 amide bonds. The second kappa shape index (κ2) is 4.68. The van der Waals surface area contributed by atoms with Gasteiger partial charge in [-0.2, -0.15) is 0 Å². The van der Waals surface area contributed by atoms with Crippen molar-refractivity contribution >= 4 is 11.6 Å². The van der Waals surface area contributed by atoms with Crippen molar-refractivity contribution in [2.45, 2.75) is 13.3 Å². The molecule has 0 saturated heterocycles. The molecule has 0 spiro atoms. The molecule has 0 fully saturated rings. The fraction of sp³-hybridized carbons (Fsp3) is 0.250. The molecule has 0 atom stereocenters. The predicted molar refractivity (Wildman–Crippen MR) is 66.1 cm³/mol. The average Bonchev–Trinajstić information content (AvgIpc) is 2.60. The number of rotatable bonds is 3. The third-order valence-electron chi connectivity index (χ3n) is 2.45. The van der Waals surface area contributed by atoms with Crippen molar-refractivity contribution in [3.63, 3.8) is 0 Å². The largest absolute Gasteiger partial charge is 0.330 e. The van der Waals surface area contributed by atoms with Gasteiger partial charge in [0, 0.05) is 29.0 Å². The van der Waals surface area contributed by atoms with Gasteiger partial charge in [0.15, 0.2) is 0 Å². The molecular formula is C12H14ClN3. The first-order valence-electron chi connectivity index (χ1n) is 5.21. The number of hydrogen-bond acceptors (Lipinski definition) is 2. The van der Waals surface area contributed by atoms with Crippen molar-refractivity contribution in [2.75, 3.05) is 6.54 Å². The van der Waals surface area contributed by atoms with Gasteiger partial charge in [-0.25, -0.2) is 4.98 Å². The molecule has 0 bridgehead atoms. The highest BCUT2D eigenvalue weighted by Crippen LogP contribution is 2.18. The van der Waals surface area contributed by atoms with Crippen molar-refractivity contribution in [2.24, 2.45) is 5.73 Å². The summed E-state index contributed by atoms with van der Waals surface area (Å²) in [5, 5.41) is 0.726. The Morgan fingerprint density at radius 1 is 1.44 bits per heavy atom. The zero-order chi connectivity index (χ0) is 11.5. The summed E-state index contributed by atoms with van der Waals surface area (Å²) in [4.78, 5) is 4.35. The van der Waals surface area contributed by atoms with E-state index in [2.05, 4.69) is 9.55 Å². The van der Waals surface area contributed by atoms with Gasteiger partial charge in [0.25, 0.3) is 0 Å². The Morgan fingerprint density at radius 2 is 2.25 bits per heavy atom. The first kappa shape index (κ1) is 11.2. The zero-order valence-electron chi connectivity index (χ0n) is 9.15. The lowest BCUT2D eigenvalue weighted by Gasteiger charge is -2.09. The van der Waals surface area contributed by atoms with E-state index >= 15 is 0 Å². The van der Waals surface area contributed by atoms with Crippen LogP contribution in [0.15, 0.2) is 30.5 Å². The zero-order valence-corrected chi connectivity index (χ0v) is 9.91. The van der Waals surface area contributed by atoms with Crippen LogP contribution in [0.25, 0.3) is 5.69 Å². The quantitative estimate of drug-likeness (QED) is 0.888. The predicted octanol–water partition coefficient (Wildman–Crippen LogP) is 2.34. The molecule has 1 heterocycles.